The molecule has 0 saturated heterocycles. The minimum absolute atomic E-state index is 0.103. The molecule has 3 rings (SSSR count). The highest BCUT2D eigenvalue weighted by Gasteiger charge is 2.27. The first-order chi connectivity index (χ1) is 13.9. The molecule has 0 atom stereocenters. The Labute approximate surface area is 170 Å². The van der Waals surface area contributed by atoms with Crippen molar-refractivity contribution in [2.24, 2.45) is 0 Å². The third kappa shape index (κ3) is 4.75. The molecule has 0 aliphatic heterocycles. The minimum atomic E-state index is -3.96. The summed E-state index contributed by atoms with van der Waals surface area (Å²) in [4.78, 5) is 12.8. The summed E-state index contributed by atoms with van der Waals surface area (Å²) < 4.78 is 32.9. The number of benzene rings is 3. The molecule has 0 bridgehead atoms. The van der Waals surface area contributed by atoms with Crippen molar-refractivity contribution < 1.29 is 17.9 Å². The molecule has 3 aromatic carbocycles. The van der Waals surface area contributed by atoms with Crippen molar-refractivity contribution in [2.75, 3.05) is 23.3 Å². The number of nitrogens with zero attached hydrogens (tertiary/aromatic N) is 1. The van der Waals surface area contributed by atoms with E-state index in [0.717, 1.165) is 9.87 Å². The number of para-hydroxylation sites is 1. The summed E-state index contributed by atoms with van der Waals surface area (Å²) in [5.41, 5.74) is 1.87. The third-order valence-electron chi connectivity index (χ3n) is 4.38. The third-order valence-corrected chi connectivity index (χ3v) is 6.17. The molecule has 0 aromatic heterocycles. The smallest absolute Gasteiger partial charge is 0.264 e. The maximum atomic E-state index is 13.3. The average Bonchev–Trinajstić information content (AvgIpc) is 2.74. The first-order valence-corrected chi connectivity index (χ1v) is 10.4. The number of carbonyl (C=O) groups excluding carboxylic acids is 1. The number of hydrogen-bond acceptors (Lipinski definition) is 4. The zero-order chi connectivity index (χ0) is 20.9. The Hall–Kier alpha value is -3.32. The molecule has 0 spiro atoms. The van der Waals surface area contributed by atoms with Gasteiger partial charge in [0.2, 0.25) is 5.91 Å². The van der Waals surface area contributed by atoms with E-state index in [0.29, 0.717) is 17.1 Å². The average molecular weight is 410 g/mol. The van der Waals surface area contributed by atoms with Crippen molar-refractivity contribution in [3.8, 4) is 5.75 Å². The fourth-order valence-corrected chi connectivity index (χ4v) is 4.27. The largest absolute Gasteiger partial charge is 0.497 e. The SMILES string of the molecule is COc1cccc(N(CC(=O)Nc2ccccc2C)S(=O)(=O)c2ccccc2)c1. The Morgan fingerprint density at radius 2 is 1.66 bits per heavy atom. The Morgan fingerprint density at radius 3 is 2.34 bits per heavy atom. The molecule has 0 saturated carbocycles. The van der Waals surface area contributed by atoms with Crippen molar-refractivity contribution in [1.29, 1.82) is 0 Å². The van der Waals surface area contributed by atoms with Gasteiger partial charge < -0.3 is 10.1 Å². The van der Waals surface area contributed by atoms with Crippen LogP contribution in [0, 0.1) is 6.92 Å². The van der Waals surface area contributed by atoms with Crippen LogP contribution < -0.4 is 14.4 Å². The molecule has 0 heterocycles. The number of anilines is 2. The molecule has 0 aliphatic rings. The van der Waals surface area contributed by atoms with Crippen molar-refractivity contribution in [2.45, 2.75) is 11.8 Å². The number of nitrogens with one attached hydrogen (secondary N) is 1. The van der Waals surface area contributed by atoms with Gasteiger partial charge in [-0.2, -0.15) is 0 Å². The summed E-state index contributed by atoms with van der Waals surface area (Å²) in [5, 5.41) is 2.79. The summed E-state index contributed by atoms with van der Waals surface area (Å²) in [6.45, 7) is 1.49. The molecule has 0 unspecified atom stereocenters. The lowest BCUT2D eigenvalue weighted by Gasteiger charge is -2.24. The lowest BCUT2D eigenvalue weighted by Crippen LogP contribution is -2.38. The van der Waals surface area contributed by atoms with Gasteiger partial charge in [0.05, 0.1) is 17.7 Å². The second-order valence-electron chi connectivity index (χ2n) is 6.39. The lowest BCUT2D eigenvalue weighted by atomic mass is 10.2. The first kappa shape index (κ1) is 20.4. The van der Waals surface area contributed by atoms with Crippen molar-refractivity contribution in [1.82, 2.24) is 0 Å². The monoisotopic (exact) mass is 410 g/mol. The second kappa shape index (κ2) is 8.79. The molecule has 1 amide bonds. The van der Waals surface area contributed by atoms with Crippen LogP contribution in [0.1, 0.15) is 5.56 Å². The van der Waals surface area contributed by atoms with Crippen LogP contribution in [0.15, 0.2) is 83.8 Å². The van der Waals surface area contributed by atoms with Crippen LogP contribution in [0.5, 0.6) is 5.75 Å². The Morgan fingerprint density at radius 1 is 0.966 bits per heavy atom. The predicted molar refractivity (Wildman–Crippen MR) is 114 cm³/mol. The molecule has 0 radical (unpaired) electrons. The van der Waals surface area contributed by atoms with Gasteiger partial charge in [0.25, 0.3) is 10.0 Å². The first-order valence-electron chi connectivity index (χ1n) is 8.99. The van der Waals surface area contributed by atoms with Crippen molar-refractivity contribution in [3.63, 3.8) is 0 Å². The molecular weight excluding hydrogens is 388 g/mol. The number of rotatable bonds is 7. The number of ether oxygens (including phenoxy) is 1. The van der Waals surface area contributed by atoms with Crippen LogP contribution in [-0.2, 0) is 14.8 Å². The highest BCUT2D eigenvalue weighted by atomic mass is 32.2. The summed E-state index contributed by atoms with van der Waals surface area (Å²) in [6, 6.07) is 22.0. The van der Waals surface area contributed by atoms with E-state index < -0.39 is 15.9 Å². The van der Waals surface area contributed by atoms with Crippen LogP contribution in [0.4, 0.5) is 11.4 Å². The van der Waals surface area contributed by atoms with Crippen molar-refractivity contribution in [3.05, 3.63) is 84.4 Å². The maximum absolute atomic E-state index is 13.3. The summed E-state index contributed by atoms with van der Waals surface area (Å²) in [5.74, 6) is 0.0525. The van der Waals surface area contributed by atoms with Gasteiger partial charge in [0.15, 0.2) is 0 Å². The van der Waals surface area contributed by atoms with E-state index in [1.54, 1.807) is 48.5 Å². The number of aryl methyl sites for hydroxylation is 1. The normalized spacial score (nSPS) is 11.0. The highest BCUT2D eigenvalue weighted by Crippen LogP contribution is 2.27. The zero-order valence-corrected chi connectivity index (χ0v) is 17.0. The molecule has 0 fully saturated rings. The highest BCUT2D eigenvalue weighted by molar-refractivity contribution is 7.92. The minimum Gasteiger partial charge on any atom is -0.497 e. The van der Waals surface area contributed by atoms with E-state index in [2.05, 4.69) is 5.32 Å². The van der Waals surface area contributed by atoms with Crippen LogP contribution in [-0.4, -0.2) is 28.0 Å². The quantitative estimate of drug-likeness (QED) is 0.642. The molecule has 150 valence electrons. The van der Waals surface area contributed by atoms with E-state index in [9.17, 15) is 13.2 Å². The van der Waals surface area contributed by atoms with E-state index >= 15 is 0 Å². The van der Waals surface area contributed by atoms with E-state index in [1.807, 2.05) is 25.1 Å². The fraction of sp³-hybridized carbons (Fsp3) is 0.136. The summed E-state index contributed by atoms with van der Waals surface area (Å²) in [7, 11) is -2.46. The lowest BCUT2D eigenvalue weighted by molar-refractivity contribution is -0.114. The standard InChI is InChI=1S/C22H22N2O4S/c1-17-9-6-7-14-21(17)23-22(25)16-24(18-10-8-11-19(15-18)28-2)29(26,27)20-12-4-3-5-13-20/h3-15H,16H2,1-2H3,(H,23,25). The van der Waals surface area contributed by atoms with Gasteiger partial charge in [-0.1, -0.05) is 42.5 Å². The fourth-order valence-electron chi connectivity index (χ4n) is 2.83. The molecule has 3 aromatic rings. The van der Waals surface area contributed by atoms with Gasteiger partial charge >= 0.3 is 0 Å². The molecule has 0 aliphatic carbocycles. The molecule has 7 heteroatoms. The Balaban J connectivity index is 1.97. The number of amides is 1. The zero-order valence-electron chi connectivity index (χ0n) is 16.2. The van der Waals surface area contributed by atoms with Crippen LogP contribution >= 0.6 is 0 Å². The predicted octanol–water partition coefficient (Wildman–Crippen LogP) is 3.84. The van der Waals surface area contributed by atoms with Gasteiger partial charge in [-0.05, 0) is 42.8 Å². The van der Waals surface area contributed by atoms with E-state index in [1.165, 1.54) is 19.2 Å². The number of carbonyl (C=O) groups is 1. The summed E-state index contributed by atoms with van der Waals surface area (Å²) >= 11 is 0. The summed E-state index contributed by atoms with van der Waals surface area (Å²) in [6.07, 6.45) is 0. The topological polar surface area (TPSA) is 75.7 Å². The second-order valence-corrected chi connectivity index (χ2v) is 8.25. The number of hydrogen-bond donors (Lipinski definition) is 1. The molecule has 29 heavy (non-hydrogen) atoms. The number of sulfonamides is 1. The maximum Gasteiger partial charge on any atom is 0.264 e. The molecular formula is C22H22N2O4S. The van der Waals surface area contributed by atoms with Gasteiger partial charge in [-0.15, -0.1) is 0 Å². The van der Waals surface area contributed by atoms with Gasteiger partial charge in [0.1, 0.15) is 12.3 Å². The van der Waals surface area contributed by atoms with Gasteiger partial charge in [-0.25, -0.2) is 8.42 Å². The van der Waals surface area contributed by atoms with Crippen molar-refractivity contribution >= 4 is 27.3 Å². The number of methoxy groups -OCH3 is 1. The Kier molecular flexibility index (Phi) is 6.19. The molecule has 1 N–H and O–H groups in total. The Bertz CT molecular complexity index is 1100. The van der Waals surface area contributed by atoms with Crippen LogP contribution in [0.2, 0.25) is 0 Å². The van der Waals surface area contributed by atoms with Crippen LogP contribution in [0.3, 0.4) is 0 Å². The molecule has 6 nitrogen and oxygen atoms in total. The van der Waals surface area contributed by atoms with Gasteiger partial charge in [0, 0.05) is 11.8 Å². The van der Waals surface area contributed by atoms with E-state index in [4.69, 9.17) is 4.74 Å². The van der Waals surface area contributed by atoms with Gasteiger partial charge in [-0.3, -0.25) is 9.10 Å². The van der Waals surface area contributed by atoms with E-state index in [-0.39, 0.29) is 11.4 Å². The van der Waals surface area contributed by atoms with Crippen LogP contribution in [0.25, 0.3) is 0 Å².